The molecule has 3 rings (SSSR count). The number of rotatable bonds is 3. The highest BCUT2D eigenvalue weighted by Crippen LogP contribution is 2.41. The van der Waals surface area contributed by atoms with E-state index in [1.54, 1.807) is 4.90 Å². The molecule has 0 bridgehead atoms. The molecule has 18 heavy (non-hydrogen) atoms. The Balaban J connectivity index is 1.99. The van der Waals surface area contributed by atoms with Crippen molar-refractivity contribution in [2.75, 3.05) is 11.9 Å². The molecular weight excluding hydrogens is 229 g/mol. The van der Waals surface area contributed by atoms with Gasteiger partial charge in [-0.15, -0.1) is 0 Å². The lowest BCUT2D eigenvalue weighted by Crippen LogP contribution is -2.14. The van der Waals surface area contributed by atoms with Gasteiger partial charge in [-0.3, -0.25) is 0 Å². The second kappa shape index (κ2) is 4.37. The molecular formula is C14H14FN3. The van der Waals surface area contributed by atoms with Crippen LogP contribution in [0.5, 0.6) is 0 Å². The number of hydrogen-bond donors (Lipinski definition) is 0. The molecule has 0 saturated heterocycles. The van der Waals surface area contributed by atoms with Gasteiger partial charge >= 0.3 is 0 Å². The normalized spacial score (nSPS) is 14.6. The van der Waals surface area contributed by atoms with Crippen LogP contribution in [-0.2, 0) is 0 Å². The van der Waals surface area contributed by atoms with E-state index in [1.165, 1.54) is 6.33 Å². The number of aromatic nitrogens is 2. The number of anilines is 2. The third-order valence-corrected chi connectivity index (χ3v) is 3.22. The molecule has 1 aliphatic carbocycles. The molecule has 1 fully saturated rings. The minimum Gasteiger partial charge on any atom is -0.327 e. The van der Waals surface area contributed by atoms with Gasteiger partial charge in [-0.1, -0.05) is 18.2 Å². The number of halogens is 1. The quantitative estimate of drug-likeness (QED) is 0.828. The zero-order chi connectivity index (χ0) is 12.5. The number of para-hydroxylation sites is 1. The first kappa shape index (κ1) is 11.1. The van der Waals surface area contributed by atoms with Gasteiger partial charge in [0.2, 0.25) is 0 Å². The summed E-state index contributed by atoms with van der Waals surface area (Å²) in [7, 11) is 1.82. The Kier molecular flexibility index (Phi) is 2.70. The van der Waals surface area contributed by atoms with Crippen molar-refractivity contribution in [1.29, 1.82) is 0 Å². The lowest BCUT2D eigenvalue weighted by atomic mass is 10.2. The summed E-state index contributed by atoms with van der Waals surface area (Å²) in [6.45, 7) is 0. The molecule has 3 nitrogen and oxygen atoms in total. The first-order chi connectivity index (χ1) is 8.77. The van der Waals surface area contributed by atoms with Crippen LogP contribution >= 0.6 is 0 Å². The van der Waals surface area contributed by atoms with Crippen molar-refractivity contribution in [3.05, 3.63) is 48.2 Å². The van der Waals surface area contributed by atoms with Crippen LogP contribution in [0.2, 0.25) is 0 Å². The summed E-state index contributed by atoms with van der Waals surface area (Å²) in [6, 6.07) is 9.64. The van der Waals surface area contributed by atoms with E-state index in [2.05, 4.69) is 9.97 Å². The van der Waals surface area contributed by atoms with Crippen LogP contribution in [0.15, 0.2) is 36.7 Å². The highest BCUT2D eigenvalue weighted by atomic mass is 19.1. The van der Waals surface area contributed by atoms with Crippen LogP contribution in [0.4, 0.5) is 15.9 Å². The second-order valence-corrected chi connectivity index (χ2v) is 4.57. The molecule has 0 amide bonds. The van der Waals surface area contributed by atoms with Crippen LogP contribution < -0.4 is 4.90 Å². The van der Waals surface area contributed by atoms with Crippen LogP contribution in [0.3, 0.4) is 0 Å². The molecule has 4 heteroatoms. The van der Waals surface area contributed by atoms with E-state index < -0.39 is 0 Å². The largest absolute Gasteiger partial charge is 0.327 e. The molecule has 0 aliphatic heterocycles. The second-order valence-electron chi connectivity index (χ2n) is 4.57. The molecule has 1 aliphatic rings. The fourth-order valence-corrected chi connectivity index (χ4v) is 2.02. The monoisotopic (exact) mass is 243 g/mol. The Labute approximate surface area is 105 Å². The van der Waals surface area contributed by atoms with Gasteiger partial charge in [0, 0.05) is 18.7 Å². The minimum absolute atomic E-state index is 0.286. The van der Waals surface area contributed by atoms with Gasteiger partial charge in [0.1, 0.15) is 6.33 Å². The van der Waals surface area contributed by atoms with E-state index >= 15 is 0 Å². The van der Waals surface area contributed by atoms with Gasteiger partial charge in [0.25, 0.3) is 0 Å². The number of benzene rings is 1. The first-order valence-electron chi connectivity index (χ1n) is 6.06. The van der Waals surface area contributed by atoms with Crippen LogP contribution in [0.1, 0.15) is 24.5 Å². The number of nitrogens with zero attached hydrogens (tertiary/aromatic N) is 3. The molecule has 0 radical (unpaired) electrons. The van der Waals surface area contributed by atoms with Crippen molar-refractivity contribution in [3.63, 3.8) is 0 Å². The summed E-state index contributed by atoms with van der Waals surface area (Å²) >= 11 is 0. The summed E-state index contributed by atoms with van der Waals surface area (Å²) in [5.74, 6) is 0.348. The van der Waals surface area contributed by atoms with Gasteiger partial charge in [0.05, 0.1) is 5.69 Å². The average molecular weight is 243 g/mol. The first-order valence-corrected chi connectivity index (χ1v) is 6.06. The van der Waals surface area contributed by atoms with Gasteiger partial charge in [-0.05, 0) is 25.0 Å². The van der Waals surface area contributed by atoms with Crippen LogP contribution in [-0.4, -0.2) is 17.0 Å². The predicted octanol–water partition coefficient (Wildman–Crippen LogP) is 3.26. The van der Waals surface area contributed by atoms with Gasteiger partial charge < -0.3 is 4.90 Å². The molecule has 92 valence electrons. The molecule has 1 heterocycles. The Morgan fingerprint density at radius 2 is 1.89 bits per heavy atom. The highest BCUT2D eigenvalue weighted by Gasteiger charge is 2.30. The highest BCUT2D eigenvalue weighted by molar-refractivity contribution is 5.59. The van der Waals surface area contributed by atoms with Crippen molar-refractivity contribution >= 4 is 11.5 Å². The lowest BCUT2D eigenvalue weighted by molar-refractivity contribution is 0.592. The van der Waals surface area contributed by atoms with Gasteiger partial charge in [-0.2, -0.15) is 0 Å². The smallest absolute Gasteiger partial charge is 0.187 e. The summed E-state index contributed by atoms with van der Waals surface area (Å²) in [5.41, 5.74) is 1.47. The van der Waals surface area contributed by atoms with E-state index in [-0.39, 0.29) is 11.7 Å². The van der Waals surface area contributed by atoms with E-state index in [0.29, 0.717) is 11.5 Å². The molecule has 2 aromatic rings. The molecule has 1 saturated carbocycles. The summed E-state index contributed by atoms with van der Waals surface area (Å²) < 4.78 is 14.3. The number of hydrogen-bond acceptors (Lipinski definition) is 3. The zero-order valence-corrected chi connectivity index (χ0v) is 10.2. The lowest BCUT2D eigenvalue weighted by Gasteiger charge is -2.19. The topological polar surface area (TPSA) is 29.0 Å². The maximum Gasteiger partial charge on any atom is 0.187 e. The third-order valence-electron chi connectivity index (χ3n) is 3.22. The Bertz CT molecular complexity index is 552. The summed E-state index contributed by atoms with van der Waals surface area (Å²) in [4.78, 5) is 9.88. The molecule has 1 aromatic heterocycles. The van der Waals surface area contributed by atoms with Gasteiger partial charge in [-0.25, -0.2) is 14.4 Å². The van der Waals surface area contributed by atoms with Crippen LogP contribution in [0, 0.1) is 5.82 Å². The maximum absolute atomic E-state index is 14.3. The zero-order valence-electron chi connectivity index (χ0n) is 10.2. The minimum atomic E-state index is -0.286. The molecule has 1 aromatic carbocycles. The van der Waals surface area contributed by atoms with Crippen LogP contribution in [0.25, 0.3) is 0 Å². The van der Waals surface area contributed by atoms with E-state index in [9.17, 15) is 4.39 Å². The van der Waals surface area contributed by atoms with Crippen molar-refractivity contribution in [2.24, 2.45) is 0 Å². The van der Waals surface area contributed by atoms with Gasteiger partial charge in [0.15, 0.2) is 11.6 Å². The van der Waals surface area contributed by atoms with E-state index in [1.807, 2.05) is 37.4 Å². The van der Waals surface area contributed by atoms with Crippen molar-refractivity contribution in [1.82, 2.24) is 9.97 Å². The molecule has 0 unspecified atom stereocenters. The maximum atomic E-state index is 14.3. The van der Waals surface area contributed by atoms with Crippen molar-refractivity contribution < 1.29 is 4.39 Å². The molecule has 0 atom stereocenters. The predicted molar refractivity (Wildman–Crippen MR) is 68.5 cm³/mol. The Hall–Kier alpha value is -1.97. The van der Waals surface area contributed by atoms with E-state index in [4.69, 9.17) is 0 Å². The van der Waals surface area contributed by atoms with Crippen molar-refractivity contribution in [2.45, 2.75) is 18.8 Å². The van der Waals surface area contributed by atoms with E-state index in [0.717, 1.165) is 18.5 Å². The molecule has 0 N–H and O–H groups in total. The Morgan fingerprint density at radius 1 is 1.17 bits per heavy atom. The van der Waals surface area contributed by atoms with Crippen molar-refractivity contribution in [3.8, 4) is 0 Å². The fraction of sp³-hybridized carbons (Fsp3) is 0.286. The SMILES string of the molecule is CN(c1ccccc1)c1ncnc(C2CC2)c1F. The summed E-state index contributed by atoms with van der Waals surface area (Å²) in [6.07, 6.45) is 3.51. The molecule has 0 spiro atoms. The standard InChI is InChI=1S/C14H14FN3/c1-18(11-5-3-2-4-6-11)14-12(15)13(10-7-8-10)16-9-17-14/h2-6,9-10H,7-8H2,1H3. The average Bonchev–Trinajstić information content (AvgIpc) is 3.24. The fourth-order valence-electron chi connectivity index (χ4n) is 2.02. The summed E-state index contributed by atoms with van der Waals surface area (Å²) in [5, 5.41) is 0. The third kappa shape index (κ3) is 1.94. The Morgan fingerprint density at radius 3 is 2.56 bits per heavy atom.